The fourth-order valence-electron chi connectivity index (χ4n) is 2.42. The molecule has 0 bridgehead atoms. The number of aromatic amines is 1. The van der Waals surface area contributed by atoms with Crippen LogP contribution < -0.4 is 0 Å². The maximum Gasteiger partial charge on any atom is 0.418 e. The second-order valence-electron chi connectivity index (χ2n) is 5.27. The largest absolute Gasteiger partial charge is 0.418 e. The van der Waals surface area contributed by atoms with Crippen LogP contribution in [0.3, 0.4) is 0 Å². The van der Waals surface area contributed by atoms with Crippen molar-refractivity contribution in [3.05, 3.63) is 76.3 Å². The average Bonchev–Trinajstić information content (AvgIpc) is 2.96. The molecular weight excluding hydrogens is 367 g/mol. The first-order valence-electron chi connectivity index (χ1n) is 7.41. The molecule has 1 heterocycles. The Balaban J connectivity index is 1.87. The van der Waals surface area contributed by atoms with E-state index < -0.39 is 11.7 Å². The van der Waals surface area contributed by atoms with E-state index in [1.54, 1.807) is 17.8 Å². The van der Waals surface area contributed by atoms with Gasteiger partial charge in [-0.3, -0.25) is 9.67 Å². The summed E-state index contributed by atoms with van der Waals surface area (Å²) in [5.74, 6) is 1.64. The monoisotopic (exact) mass is 381 g/mol. The lowest BCUT2D eigenvalue weighted by Crippen LogP contribution is -2.12. The van der Waals surface area contributed by atoms with E-state index in [0.717, 1.165) is 17.4 Å². The Bertz CT molecular complexity index is 901. The third-order valence-corrected chi connectivity index (χ3v) is 4.81. The van der Waals surface area contributed by atoms with Crippen molar-refractivity contribution >= 4 is 24.0 Å². The van der Waals surface area contributed by atoms with Gasteiger partial charge in [0, 0.05) is 5.75 Å². The lowest BCUT2D eigenvalue weighted by atomic mass is 10.1. The Kier molecular flexibility index (Phi) is 5.29. The molecule has 0 unspecified atom stereocenters. The molecule has 25 heavy (non-hydrogen) atoms. The first kappa shape index (κ1) is 17.8. The summed E-state index contributed by atoms with van der Waals surface area (Å²) in [6.45, 7) is 0. The topological polar surface area (TPSA) is 33.6 Å². The van der Waals surface area contributed by atoms with Crippen molar-refractivity contribution in [2.24, 2.45) is 0 Å². The van der Waals surface area contributed by atoms with Gasteiger partial charge in [0.1, 0.15) is 5.82 Å². The first-order chi connectivity index (χ1) is 12.0. The molecule has 1 aromatic heterocycles. The van der Waals surface area contributed by atoms with Gasteiger partial charge in [-0.25, -0.2) is 0 Å². The van der Waals surface area contributed by atoms with Gasteiger partial charge in [-0.1, -0.05) is 42.5 Å². The number of nitrogens with zero attached hydrogens (tertiary/aromatic N) is 2. The number of aromatic nitrogens is 3. The molecule has 8 heteroatoms. The maximum absolute atomic E-state index is 13.3. The molecule has 0 fully saturated rings. The van der Waals surface area contributed by atoms with Crippen LogP contribution in [0.5, 0.6) is 0 Å². The van der Waals surface area contributed by atoms with Crippen molar-refractivity contribution in [3.63, 3.8) is 0 Å². The van der Waals surface area contributed by atoms with Crippen LogP contribution in [0.1, 0.15) is 17.0 Å². The van der Waals surface area contributed by atoms with Gasteiger partial charge in [-0.05, 0) is 29.9 Å². The van der Waals surface area contributed by atoms with E-state index in [4.69, 9.17) is 12.2 Å². The third kappa shape index (κ3) is 4.13. The summed E-state index contributed by atoms with van der Waals surface area (Å²) >= 11 is 6.71. The Labute approximate surface area is 151 Å². The molecule has 3 aromatic rings. The molecule has 2 aromatic carbocycles. The van der Waals surface area contributed by atoms with Crippen LogP contribution in [-0.4, -0.2) is 14.8 Å². The predicted molar refractivity (Wildman–Crippen MR) is 95.2 cm³/mol. The number of para-hydroxylation sites is 1. The zero-order valence-electron chi connectivity index (χ0n) is 13.0. The van der Waals surface area contributed by atoms with E-state index in [1.165, 1.54) is 16.7 Å². The number of H-pyrrole nitrogens is 1. The highest BCUT2D eigenvalue weighted by atomic mass is 32.2. The average molecular weight is 381 g/mol. The molecule has 0 atom stereocenters. The molecule has 1 N–H and O–H groups in total. The van der Waals surface area contributed by atoms with Crippen molar-refractivity contribution in [1.82, 2.24) is 14.8 Å². The standard InChI is InChI=1S/C17H14F3N3S2/c18-17(19,20)13-8-4-5-9-14(13)23-15(21-22-16(23)24)11-25-10-12-6-2-1-3-7-12/h1-9H,10-11H2,(H,22,24). The van der Waals surface area contributed by atoms with Gasteiger partial charge in [-0.15, -0.1) is 11.8 Å². The van der Waals surface area contributed by atoms with Gasteiger partial charge in [-0.2, -0.15) is 18.3 Å². The molecule has 3 nitrogen and oxygen atoms in total. The molecule has 0 aliphatic rings. The Hall–Kier alpha value is -2.06. The summed E-state index contributed by atoms with van der Waals surface area (Å²) in [6, 6.07) is 15.2. The molecule has 0 radical (unpaired) electrons. The van der Waals surface area contributed by atoms with Gasteiger partial charge < -0.3 is 0 Å². The summed E-state index contributed by atoms with van der Waals surface area (Å²) in [6.07, 6.45) is -4.46. The number of rotatable bonds is 5. The number of hydrogen-bond acceptors (Lipinski definition) is 3. The normalized spacial score (nSPS) is 11.6. The molecule has 0 aliphatic heterocycles. The summed E-state index contributed by atoms with van der Waals surface area (Å²) in [7, 11) is 0. The van der Waals surface area contributed by atoms with Crippen LogP contribution in [0.4, 0.5) is 13.2 Å². The number of thioether (sulfide) groups is 1. The Morgan fingerprint density at radius 1 is 1.00 bits per heavy atom. The summed E-state index contributed by atoms with van der Waals surface area (Å²) < 4.78 is 41.4. The second-order valence-corrected chi connectivity index (χ2v) is 6.65. The molecule has 0 spiro atoms. The van der Waals surface area contributed by atoms with Crippen LogP contribution in [0.15, 0.2) is 54.6 Å². The molecular formula is C17H14F3N3S2. The summed E-state index contributed by atoms with van der Waals surface area (Å²) in [5.41, 5.74) is 0.398. The van der Waals surface area contributed by atoms with Gasteiger partial charge in [0.2, 0.25) is 0 Å². The summed E-state index contributed by atoms with van der Waals surface area (Å²) in [5, 5.41) is 6.70. The SMILES string of the molecule is FC(F)(F)c1ccccc1-n1c(CSCc2ccccc2)n[nH]c1=S. The Morgan fingerprint density at radius 3 is 2.40 bits per heavy atom. The van der Waals surface area contributed by atoms with E-state index in [-0.39, 0.29) is 10.5 Å². The molecule has 0 amide bonds. The van der Waals surface area contributed by atoms with E-state index in [2.05, 4.69) is 10.2 Å². The predicted octanol–water partition coefficient (Wildman–Crippen LogP) is 5.38. The number of halogens is 3. The fraction of sp³-hybridized carbons (Fsp3) is 0.176. The zero-order valence-corrected chi connectivity index (χ0v) is 14.6. The minimum absolute atomic E-state index is 0.0101. The van der Waals surface area contributed by atoms with E-state index >= 15 is 0 Å². The number of benzene rings is 2. The Morgan fingerprint density at radius 2 is 1.68 bits per heavy atom. The zero-order chi connectivity index (χ0) is 17.9. The highest BCUT2D eigenvalue weighted by Crippen LogP contribution is 2.34. The van der Waals surface area contributed by atoms with Crippen molar-refractivity contribution in [2.75, 3.05) is 0 Å². The minimum atomic E-state index is -4.46. The maximum atomic E-state index is 13.3. The van der Waals surface area contributed by atoms with Crippen molar-refractivity contribution < 1.29 is 13.2 Å². The summed E-state index contributed by atoms with van der Waals surface area (Å²) in [4.78, 5) is 0. The van der Waals surface area contributed by atoms with Crippen LogP contribution in [0.25, 0.3) is 5.69 Å². The van der Waals surface area contributed by atoms with Crippen molar-refractivity contribution in [2.45, 2.75) is 17.7 Å². The van der Waals surface area contributed by atoms with Crippen LogP contribution in [0.2, 0.25) is 0 Å². The highest BCUT2D eigenvalue weighted by Gasteiger charge is 2.34. The molecule has 130 valence electrons. The number of hydrogen-bond donors (Lipinski definition) is 1. The molecule has 0 saturated carbocycles. The second kappa shape index (κ2) is 7.45. The number of nitrogens with one attached hydrogen (secondary N) is 1. The van der Waals surface area contributed by atoms with Gasteiger partial charge in [0.15, 0.2) is 4.77 Å². The van der Waals surface area contributed by atoms with Crippen molar-refractivity contribution in [3.8, 4) is 5.69 Å². The molecule has 0 aliphatic carbocycles. The van der Waals surface area contributed by atoms with E-state index in [1.807, 2.05) is 30.3 Å². The van der Waals surface area contributed by atoms with Gasteiger partial charge in [0.25, 0.3) is 0 Å². The lowest BCUT2D eigenvalue weighted by Gasteiger charge is -2.14. The third-order valence-electron chi connectivity index (χ3n) is 3.53. The number of alkyl halides is 3. The van der Waals surface area contributed by atoms with E-state index in [9.17, 15) is 13.2 Å². The minimum Gasteiger partial charge on any atom is -0.271 e. The first-order valence-corrected chi connectivity index (χ1v) is 8.97. The van der Waals surface area contributed by atoms with E-state index in [0.29, 0.717) is 11.6 Å². The highest BCUT2D eigenvalue weighted by molar-refractivity contribution is 7.97. The van der Waals surface area contributed by atoms with Gasteiger partial charge in [0.05, 0.1) is 17.0 Å². The van der Waals surface area contributed by atoms with Crippen LogP contribution >= 0.6 is 24.0 Å². The lowest BCUT2D eigenvalue weighted by molar-refractivity contribution is -0.137. The smallest absolute Gasteiger partial charge is 0.271 e. The van der Waals surface area contributed by atoms with Crippen molar-refractivity contribution in [1.29, 1.82) is 0 Å². The molecule has 3 rings (SSSR count). The fourth-order valence-corrected chi connectivity index (χ4v) is 3.57. The van der Waals surface area contributed by atoms with Crippen LogP contribution in [-0.2, 0) is 17.7 Å². The molecule has 0 saturated heterocycles. The van der Waals surface area contributed by atoms with Crippen LogP contribution in [0, 0.1) is 4.77 Å². The quantitative estimate of drug-likeness (QED) is 0.602. The van der Waals surface area contributed by atoms with Gasteiger partial charge >= 0.3 is 6.18 Å².